The minimum atomic E-state index is -0.986. The zero-order chi connectivity index (χ0) is 15.2. The molecule has 7 heteroatoms. The highest BCUT2D eigenvalue weighted by Crippen LogP contribution is 2.21. The van der Waals surface area contributed by atoms with Crippen molar-refractivity contribution in [1.82, 2.24) is 10.2 Å². The van der Waals surface area contributed by atoms with Crippen LogP contribution in [0.5, 0.6) is 0 Å². The topological polar surface area (TPSA) is 93.6 Å². The van der Waals surface area contributed by atoms with Crippen molar-refractivity contribution in [1.29, 1.82) is 0 Å². The van der Waals surface area contributed by atoms with Crippen LogP contribution in [0.4, 0.5) is 5.82 Å². The first kappa shape index (κ1) is 15.7. The van der Waals surface area contributed by atoms with Crippen molar-refractivity contribution in [3.8, 4) is 0 Å². The fourth-order valence-electron chi connectivity index (χ4n) is 2.39. The molecule has 1 unspecified atom stereocenters. The molecule has 1 aromatic rings. The van der Waals surface area contributed by atoms with Crippen molar-refractivity contribution in [2.45, 2.75) is 32.8 Å². The molecule has 0 aromatic carbocycles. The predicted molar refractivity (Wildman–Crippen MR) is 76.8 cm³/mol. The third-order valence-electron chi connectivity index (χ3n) is 3.44. The van der Waals surface area contributed by atoms with Gasteiger partial charge < -0.3 is 19.9 Å². The Hall–Kier alpha value is -1.73. The zero-order valence-electron chi connectivity index (χ0n) is 12.4. The number of aromatic carboxylic acids is 1. The second-order valence-corrected chi connectivity index (χ2v) is 4.81. The summed E-state index contributed by atoms with van der Waals surface area (Å²) in [5.41, 5.74) is 1.68. The Kier molecular flexibility index (Phi) is 5.46. The third kappa shape index (κ3) is 3.68. The van der Waals surface area contributed by atoms with Crippen LogP contribution in [-0.4, -0.2) is 53.7 Å². The van der Waals surface area contributed by atoms with Crippen LogP contribution in [0.2, 0.25) is 0 Å². The maximum Gasteiger partial charge on any atom is 0.339 e. The van der Waals surface area contributed by atoms with Gasteiger partial charge >= 0.3 is 5.97 Å². The highest BCUT2D eigenvalue weighted by atomic mass is 16.6. The van der Waals surface area contributed by atoms with Crippen molar-refractivity contribution in [3.63, 3.8) is 0 Å². The molecule has 7 nitrogen and oxygen atoms in total. The number of carbonyl (C=O) groups is 1. The maximum atomic E-state index is 11.6. The van der Waals surface area contributed by atoms with Gasteiger partial charge in [-0.1, -0.05) is 13.8 Å². The Morgan fingerprint density at radius 2 is 2.14 bits per heavy atom. The number of carboxylic acid groups (broad SMARTS) is 1. The van der Waals surface area contributed by atoms with Gasteiger partial charge in [0.25, 0.3) is 0 Å². The Balaban J connectivity index is 2.19. The van der Waals surface area contributed by atoms with Gasteiger partial charge in [0.2, 0.25) is 0 Å². The molecular formula is C14H21N3O4. The number of ether oxygens (including phenoxy) is 2. The summed E-state index contributed by atoms with van der Waals surface area (Å²) in [6.07, 6.45) is 1.17. The number of hydrogen-bond acceptors (Lipinski definition) is 6. The molecule has 2 N–H and O–H groups in total. The lowest BCUT2D eigenvalue weighted by atomic mass is 10.0. The van der Waals surface area contributed by atoms with Crippen LogP contribution in [0.25, 0.3) is 0 Å². The molecule has 1 aliphatic rings. The summed E-state index contributed by atoms with van der Waals surface area (Å²) in [5.74, 6) is -0.689. The summed E-state index contributed by atoms with van der Waals surface area (Å²) in [5, 5.41) is 20.7. The number of hydrogen-bond donors (Lipinski definition) is 2. The largest absolute Gasteiger partial charge is 0.478 e. The van der Waals surface area contributed by atoms with Gasteiger partial charge in [0, 0.05) is 6.54 Å². The number of nitrogens with one attached hydrogen (secondary N) is 1. The van der Waals surface area contributed by atoms with E-state index in [1.165, 1.54) is 0 Å². The molecule has 0 aliphatic carbocycles. The summed E-state index contributed by atoms with van der Waals surface area (Å²) in [6, 6.07) is 0. The molecule has 2 rings (SSSR count). The molecule has 1 aromatic heterocycles. The summed E-state index contributed by atoms with van der Waals surface area (Å²) in [7, 11) is 0. The predicted octanol–water partition coefficient (Wildman–Crippen LogP) is 1.13. The van der Waals surface area contributed by atoms with Gasteiger partial charge in [-0.25, -0.2) is 4.79 Å². The van der Waals surface area contributed by atoms with Crippen LogP contribution in [0, 0.1) is 0 Å². The summed E-state index contributed by atoms with van der Waals surface area (Å²) in [6.45, 7) is 5.96. The average Bonchev–Trinajstić information content (AvgIpc) is 2.52. The van der Waals surface area contributed by atoms with Gasteiger partial charge in [0.15, 0.2) is 5.82 Å². The summed E-state index contributed by atoms with van der Waals surface area (Å²) in [4.78, 5) is 11.6. The quantitative estimate of drug-likeness (QED) is 0.812. The minimum Gasteiger partial charge on any atom is -0.478 e. The van der Waals surface area contributed by atoms with Crippen molar-refractivity contribution < 1.29 is 19.4 Å². The van der Waals surface area contributed by atoms with Crippen LogP contribution < -0.4 is 5.32 Å². The molecule has 2 heterocycles. The van der Waals surface area contributed by atoms with E-state index in [0.29, 0.717) is 45.0 Å². The molecule has 1 saturated heterocycles. The normalized spacial score (nSPS) is 18.5. The van der Waals surface area contributed by atoms with Crippen LogP contribution in [0.1, 0.15) is 35.5 Å². The first-order valence-corrected chi connectivity index (χ1v) is 7.22. The fourth-order valence-corrected chi connectivity index (χ4v) is 2.39. The molecule has 21 heavy (non-hydrogen) atoms. The molecule has 1 aliphatic heterocycles. The van der Waals surface area contributed by atoms with E-state index >= 15 is 0 Å². The molecule has 1 fully saturated rings. The van der Waals surface area contributed by atoms with Gasteiger partial charge in [-0.3, -0.25) is 0 Å². The van der Waals surface area contributed by atoms with E-state index < -0.39 is 5.97 Å². The van der Waals surface area contributed by atoms with E-state index in [2.05, 4.69) is 15.5 Å². The number of nitrogens with zero attached hydrogens (tertiary/aromatic N) is 2. The van der Waals surface area contributed by atoms with Gasteiger partial charge in [-0.05, 0) is 18.4 Å². The Morgan fingerprint density at radius 3 is 2.71 bits per heavy atom. The van der Waals surface area contributed by atoms with Crippen molar-refractivity contribution in [3.05, 3.63) is 16.8 Å². The zero-order valence-corrected chi connectivity index (χ0v) is 12.4. The SMILES string of the molecule is CCc1nnc(NCC2COCCO2)c(C(=O)O)c1CC. The third-order valence-corrected chi connectivity index (χ3v) is 3.44. The lowest BCUT2D eigenvalue weighted by Crippen LogP contribution is -2.34. The minimum absolute atomic E-state index is 0.0990. The fraction of sp³-hybridized carbons (Fsp3) is 0.643. The van der Waals surface area contributed by atoms with Gasteiger partial charge in [-0.15, -0.1) is 5.10 Å². The van der Waals surface area contributed by atoms with Crippen LogP contribution in [0.3, 0.4) is 0 Å². The molecule has 116 valence electrons. The molecule has 1 atom stereocenters. The molecule has 0 spiro atoms. The Morgan fingerprint density at radius 1 is 1.33 bits per heavy atom. The van der Waals surface area contributed by atoms with E-state index in [9.17, 15) is 9.90 Å². The van der Waals surface area contributed by atoms with E-state index in [-0.39, 0.29) is 11.7 Å². The molecule has 0 bridgehead atoms. The second kappa shape index (κ2) is 7.33. The van der Waals surface area contributed by atoms with Crippen LogP contribution in [-0.2, 0) is 22.3 Å². The molecule has 0 amide bonds. The van der Waals surface area contributed by atoms with Gasteiger partial charge in [0.05, 0.1) is 31.6 Å². The molecular weight excluding hydrogens is 274 g/mol. The number of aromatic nitrogens is 2. The first-order valence-electron chi connectivity index (χ1n) is 7.22. The smallest absolute Gasteiger partial charge is 0.339 e. The van der Waals surface area contributed by atoms with Crippen molar-refractivity contribution in [2.24, 2.45) is 0 Å². The second-order valence-electron chi connectivity index (χ2n) is 4.81. The monoisotopic (exact) mass is 295 g/mol. The van der Waals surface area contributed by atoms with Crippen molar-refractivity contribution >= 4 is 11.8 Å². The average molecular weight is 295 g/mol. The van der Waals surface area contributed by atoms with E-state index in [0.717, 1.165) is 11.3 Å². The molecule has 0 saturated carbocycles. The van der Waals surface area contributed by atoms with Crippen LogP contribution in [0.15, 0.2) is 0 Å². The highest BCUT2D eigenvalue weighted by molar-refractivity contribution is 5.95. The highest BCUT2D eigenvalue weighted by Gasteiger charge is 2.21. The summed E-state index contributed by atoms with van der Waals surface area (Å²) >= 11 is 0. The van der Waals surface area contributed by atoms with Gasteiger partial charge in [0.1, 0.15) is 5.56 Å². The Labute approximate surface area is 123 Å². The number of carboxylic acids is 1. The number of rotatable bonds is 6. The number of anilines is 1. The van der Waals surface area contributed by atoms with E-state index in [4.69, 9.17) is 9.47 Å². The van der Waals surface area contributed by atoms with Crippen LogP contribution >= 0.6 is 0 Å². The first-order chi connectivity index (χ1) is 10.2. The van der Waals surface area contributed by atoms with Gasteiger partial charge in [-0.2, -0.15) is 5.10 Å². The Bertz CT molecular complexity index is 501. The summed E-state index contributed by atoms with van der Waals surface area (Å²) < 4.78 is 10.8. The maximum absolute atomic E-state index is 11.6. The van der Waals surface area contributed by atoms with Crippen molar-refractivity contribution in [2.75, 3.05) is 31.7 Å². The molecule has 0 radical (unpaired) electrons. The lowest BCUT2D eigenvalue weighted by Gasteiger charge is -2.23. The lowest BCUT2D eigenvalue weighted by molar-refractivity contribution is -0.0819. The van der Waals surface area contributed by atoms with E-state index in [1.807, 2.05) is 13.8 Å². The number of aryl methyl sites for hydroxylation is 1. The van der Waals surface area contributed by atoms with E-state index in [1.54, 1.807) is 0 Å². The standard InChI is InChI=1S/C14H21N3O4/c1-3-10-11(4-2)16-17-13(12(10)14(18)19)15-7-9-8-20-5-6-21-9/h9H,3-8H2,1-2H3,(H,15,17)(H,18,19).